The number of nitrogens with zero attached hydrogens (tertiary/aromatic N) is 2. The van der Waals surface area contributed by atoms with Crippen molar-refractivity contribution in [1.29, 1.82) is 0 Å². The van der Waals surface area contributed by atoms with Crippen LogP contribution in [-0.2, 0) is 27.4 Å². The van der Waals surface area contributed by atoms with Crippen LogP contribution < -0.4 is 10.6 Å². The average Bonchev–Trinajstić information content (AvgIpc) is 3.46. The zero-order valence-corrected chi connectivity index (χ0v) is 24.7. The third kappa shape index (κ3) is 9.38. The van der Waals surface area contributed by atoms with Crippen molar-refractivity contribution in [2.45, 2.75) is 91.3 Å². The van der Waals surface area contributed by atoms with Crippen LogP contribution in [0, 0.1) is 17.3 Å². The number of amides is 3. The number of carbonyl (C=O) groups is 3. The zero-order valence-electron chi connectivity index (χ0n) is 24.7. The zero-order chi connectivity index (χ0) is 29.1. The van der Waals surface area contributed by atoms with Gasteiger partial charge in [-0.3, -0.25) is 9.59 Å². The Hall–Kier alpha value is -3.36. The third-order valence-electron chi connectivity index (χ3n) is 8.02. The molecule has 0 radical (unpaired) electrons. The Balaban J connectivity index is 1.69. The highest BCUT2D eigenvalue weighted by molar-refractivity contribution is 5.91. The molecular formula is C31H47N5O4. The number of benzene rings is 1. The molecule has 1 aliphatic carbocycles. The van der Waals surface area contributed by atoms with E-state index in [0.29, 0.717) is 24.6 Å². The van der Waals surface area contributed by atoms with E-state index in [1.807, 2.05) is 44.2 Å². The first-order chi connectivity index (χ1) is 19.1. The second-order valence-electron chi connectivity index (χ2n) is 12.2. The molecule has 9 heteroatoms. The Labute approximate surface area is 238 Å². The lowest BCUT2D eigenvalue weighted by molar-refractivity contribution is -0.141. The summed E-state index contributed by atoms with van der Waals surface area (Å²) in [6.45, 7) is 9.16. The first kappa shape index (κ1) is 31.2. The largest absolute Gasteiger partial charge is 0.445 e. The van der Waals surface area contributed by atoms with Crippen LogP contribution in [0.1, 0.15) is 77.5 Å². The van der Waals surface area contributed by atoms with Crippen LogP contribution in [0.15, 0.2) is 42.9 Å². The fourth-order valence-electron chi connectivity index (χ4n) is 5.47. The number of carbonyl (C=O) groups excluding carboxylic acids is 3. The molecule has 2 aromatic rings. The topological polar surface area (TPSA) is 116 Å². The Morgan fingerprint density at radius 1 is 1.12 bits per heavy atom. The molecular weight excluding hydrogens is 506 g/mol. The molecule has 0 saturated heterocycles. The summed E-state index contributed by atoms with van der Waals surface area (Å²) in [6.07, 6.45) is 9.30. The Morgan fingerprint density at radius 3 is 2.45 bits per heavy atom. The molecule has 220 valence electrons. The summed E-state index contributed by atoms with van der Waals surface area (Å²) in [6, 6.07) is 7.74. The number of imidazole rings is 1. The van der Waals surface area contributed by atoms with E-state index >= 15 is 0 Å². The first-order valence-corrected chi connectivity index (χ1v) is 14.6. The van der Waals surface area contributed by atoms with Gasteiger partial charge in [0, 0.05) is 31.9 Å². The number of hydrogen-bond acceptors (Lipinski definition) is 5. The van der Waals surface area contributed by atoms with Crippen molar-refractivity contribution in [3.63, 3.8) is 0 Å². The lowest BCUT2D eigenvalue weighted by Crippen LogP contribution is -2.56. The first-order valence-electron chi connectivity index (χ1n) is 14.6. The number of aromatic amines is 1. The molecule has 1 aromatic heterocycles. The lowest BCUT2D eigenvalue weighted by atomic mass is 9.71. The van der Waals surface area contributed by atoms with Crippen LogP contribution in [-0.4, -0.2) is 58.5 Å². The van der Waals surface area contributed by atoms with Gasteiger partial charge in [-0.2, -0.15) is 0 Å². The Bertz CT molecular complexity index is 1060. The van der Waals surface area contributed by atoms with Crippen LogP contribution in [0.5, 0.6) is 0 Å². The van der Waals surface area contributed by atoms with Crippen molar-refractivity contribution >= 4 is 17.9 Å². The molecule has 40 heavy (non-hydrogen) atoms. The molecule has 0 spiro atoms. The highest BCUT2D eigenvalue weighted by atomic mass is 16.5. The minimum absolute atomic E-state index is 0.0196. The summed E-state index contributed by atoms with van der Waals surface area (Å²) >= 11 is 0. The molecule has 1 aromatic carbocycles. The summed E-state index contributed by atoms with van der Waals surface area (Å²) in [5.74, 6) is 0.237. The van der Waals surface area contributed by atoms with E-state index < -0.39 is 18.2 Å². The summed E-state index contributed by atoms with van der Waals surface area (Å²) in [5.41, 5.74) is 1.51. The van der Waals surface area contributed by atoms with Crippen LogP contribution in [0.4, 0.5) is 4.79 Å². The van der Waals surface area contributed by atoms with Gasteiger partial charge in [-0.1, -0.05) is 77.3 Å². The lowest BCUT2D eigenvalue weighted by Gasteiger charge is -2.38. The maximum Gasteiger partial charge on any atom is 0.408 e. The number of alkyl carbamates (subject to hydrolysis) is 1. The number of H-pyrrole nitrogens is 1. The van der Waals surface area contributed by atoms with E-state index in [2.05, 4.69) is 34.4 Å². The van der Waals surface area contributed by atoms with Crippen molar-refractivity contribution in [2.75, 3.05) is 13.6 Å². The van der Waals surface area contributed by atoms with Gasteiger partial charge in [0.25, 0.3) is 0 Å². The number of aromatic nitrogens is 2. The molecule has 3 amide bonds. The Morgan fingerprint density at radius 2 is 1.82 bits per heavy atom. The molecule has 0 bridgehead atoms. The highest BCUT2D eigenvalue weighted by Gasteiger charge is 2.35. The van der Waals surface area contributed by atoms with E-state index in [4.69, 9.17) is 4.74 Å². The quantitative estimate of drug-likeness (QED) is 0.328. The average molecular weight is 554 g/mol. The van der Waals surface area contributed by atoms with E-state index in [0.717, 1.165) is 5.56 Å². The maximum atomic E-state index is 13.8. The van der Waals surface area contributed by atoms with E-state index in [1.165, 1.54) is 43.3 Å². The molecule has 1 fully saturated rings. The van der Waals surface area contributed by atoms with E-state index in [-0.39, 0.29) is 36.2 Å². The number of likely N-dealkylation sites (N-methyl/N-ethyl adjacent to an activating group) is 1. The summed E-state index contributed by atoms with van der Waals surface area (Å²) in [4.78, 5) is 48.6. The molecule has 1 unspecified atom stereocenters. The molecule has 3 N–H and O–H groups in total. The smallest absolute Gasteiger partial charge is 0.408 e. The minimum Gasteiger partial charge on any atom is -0.445 e. The molecule has 1 heterocycles. The van der Waals surface area contributed by atoms with Gasteiger partial charge >= 0.3 is 6.09 Å². The fraction of sp³-hybridized carbons (Fsp3) is 0.613. The van der Waals surface area contributed by atoms with Crippen molar-refractivity contribution in [2.24, 2.45) is 17.3 Å². The molecule has 1 aliphatic rings. The van der Waals surface area contributed by atoms with Gasteiger partial charge < -0.3 is 25.3 Å². The van der Waals surface area contributed by atoms with Crippen molar-refractivity contribution in [3.8, 4) is 0 Å². The standard InChI is InChI=1S/C31H47N5O4/c1-22(2)16-27(28(37)33-20-31(3,4)24-14-10-7-11-15-24)36(5)29(38)26(17-25-18-32-21-34-25)35-30(39)40-19-23-12-8-6-9-13-23/h6,8-9,12-13,18,21-22,24,26-27H,7,10-11,14-17,19-20H2,1-5H3,(H,32,34)(H,33,37)(H,35,39)/t26-,27?/m0/s1. The summed E-state index contributed by atoms with van der Waals surface area (Å²) < 4.78 is 5.39. The number of rotatable bonds is 13. The number of ether oxygens (including phenoxy) is 1. The van der Waals surface area contributed by atoms with Crippen LogP contribution >= 0.6 is 0 Å². The fourth-order valence-corrected chi connectivity index (χ4v) is 5.47. The van der Waals surface area contributed by atoms with E-state index in [1.54, 1.807) is 13.2 Å². The molecule has 0 aliphatic heterocycles. The Kier molecular flexibility index (Phi) is 11.6. The SMILES string of the molecule is CC(C)CC(C(=O)NCC(C)(C)C1CCCCC1)N(C)C(=O)[C@H](Cc1cnc[nH]1)NC(=O)OCc1ccccc1. The van der Waals surface area contributed by atoms with Gasteiger partial charge in [0.2, 0.25) is 11.8 Å². The maximum absolute atomic E-state index is 13.8. The third-order valence-corrected chi connectivity index (χ3v) is 8.02. The molecule has 2 atom stereocenters. The van der Waals surface area contributed by atoms with Crippen LogP contribution in [0.3, 0.4) is 0 Å². The number of hydrogen-bond donors (Lipinski definition) is 3. The highest BCUT2D eigenvalue weighted by Crippen LogP contribution is 2.37. The summed E-state index contributed by atoms with van der Waals surface area (Å²) in [7, 11) is 1.64. The minimum atomic E-state index is -0.935. The van der Waals surface area contributed by atoms with Crippen molar-refractivity contribution in [3.05, 3.63) is 54.1 Å². The van der Waals surface area contributed by atoms with Gasteiger partial charge in [-0.15, -0.1) is 0 Å². The summed E-state index contributed by atoms with van der Waals surface area (Å²) in [5, 5.41) is 5.88. The molecule has 1 saturated carbocycles. The van der Waals surface area contributed by atoms with Crippen molar-refractivity contribution < 1.29 is 19.1 Å². The van der Waals surface area contributed by atoms with Crippen LogP contribution in [0.2, 0.25) is 0 Å². The number of nitrogens with one attached hydrogen (secondary N) is 3. The second-order valence-corrected chi connectivity index (χ2v) is 12.2. The molecule has 9 nitrogen and oxygen atoms in total. The van der Waals surface area contributed by atoms with Gasteiger partial charge in [0.15, 0.2) is 0 Å². The predicted molar refractivity (Wildman–Crippen MR) is 155 cm³/mol. The van der Waals surface area contributed by atoms with Gasteiger partial charge in [-0.05, 0) is 42.1 Å². The van der Waals surface area contributed by atoms with Gasteiger partial charge in [-0.25, -0.2) is 9.78 Å². The van der Waals surface area contributed by atoms with Crippen molar-refractivity contribution in [1.82, 2.24) is 25.5 Å². The normalized spacial score (nSPS) is 15.8. The van der Waals surface area contributed by atoms with Gasteiger partial charge in [0.05, 0.1) is 6.33 Å². The second kappa shape index (κ2) is 14.9. The van der Waals surface area contributed by atoms with Crippen LogP contribution in [0.25, 0.3) is 0 Å². The van der Waals surface area contributed by atoms with E-state index in [9.17, 15) is 14.4 Å². The predicted octanol–water partition coefficient (Wildman–Crippen LogP) is 4.84. The monoisotopic (exact) mass is 553 g/mol. The molecule has 3 rings (SSSR count). The van der Waals surface area contributed by atoms with Gasteiger partial charge in [0.1, 0.15) is 18.7 Å².